The first-order chi connectivity index (χ1) is 9.05. The molecular formula is C16H26BrNO. The smallest absolute Gasteiger partial charge is 0.0803 e. The van der Waals surface area contributed by atoms with Gasteiger partial charge in [-0.2, -0.15) is 0 Å². The topological polar surface area (TPSA) is 21.3 Å². The maximum absolute atomic E-state index is 5.77. The van der Waals surface area contributed by atoms with Gasteiger partial charge in [-0.05, 0) is 50.4 Å². The Hall–Kier alpha value is -0.380. The lowest BCUT2D eigenvalue weighted by atomic mass is 9.88. The van der Waals surface area contributed by atoms with E-state index >= 15 is 0 Å². The molecule has 0 aliphatic rings. The minimum absolute atomic E-state index is 0.127. The van der Waals surface area contributed by atoms with Crippen molar-refractivity contribution in [1.29, 1.82) is 0 Å². The van der Waals surface area contributed by atoms with Crippen LogP contribution >= 0.6 is 15.9 Å². The summed E-state index contributed by atoms with van der Waals surface area (Å²) < 4.78 is 6.91. The highest BCUT2D eigenvalue weighted by Crippen LogP contribution is 2.23. The summed E-state index contributed by atoms with van der Waals surface area (Å²) in [5.41, 5.74) is 1.21. The Morgan fingerprint density at radius 1 is 1.37 bits per heavy atom. The summed E-state index contributed by atoms with van der Waals surface area (Å²) in [4.78, 5) is 0. The number of rotatable bonds is 8. The van der Waals surface area contributed by atoms with Crippen LogP contribution in [0.4, 0.5) is 0 Å². The van der Waals surface area contributed by atoms with Gasteiger partial charge in [-0.15, -0.1) is 0 Å². The predicted molar refractivity (Wildman–Crippen MR) is 85.6 cm³/mol. The van der Waals surface area contributed by atoms with E-state index in [0.29, 0.717) is 6.04 Å². The summed E-state index contributed by atoms with van der Waals surface area (Å²) in [7, 11) is 1.81. The fourth-order valence-corrected chi connectivity index (χ4v) is 2.70. The van der Waals surface area contributed by atoms with Gasteiger partial charge >= 0.3 is 0 Å². The Labute approximate surface area is 126 Å². The minimum atomic E-state index is -0.127. The number of hydrogen-bond acceptors (Lipinski definition) is 2. The number of benzene rings is 1. The van der Waals surface area contributed by atoms with Crippen molar-refractivity contribution in [2.75, 3.05) is 13.7 Å². The molecule has 1 aromatic rings. The number of halogens is 1. The van der Waals surface area contributed by atoms with Gasteiger partial charge in [0, 0.05) is 17.6 Å². The molecule has 0 spiro atoms. The molecule has 0 saturated carbocycles. The average Bonchev–Trinajstić information content (AvgIpc) is 2.42. The lowest BCUT2D eigenvalue weighted by Gasteiger charge is -2.36. The lowest BCUT2D eigenvalue weighted by molar-refractivity contribution is -0.0287. The molecule has 2 atom stereocenters. The molecule has 0 heterocycles. The summed E-state index contributed by atoms with van der Waals surface area (Å²) in [6.45, 7) is 7.60. The second-order valence-corrected chi connectivity index (χ2v) is 6.13. The summed E-state index contributed by atoms with van der Waals surface area (Å²) in [6.07, 6.45) is 3.12. The Balaban J connectivity index is 2.85. The minimum Gasteiger partial charge on any atom is -0.377 e. The van der Waals surface area contributed by atoms with Crippen molar-refractivity contribution in [2.45, 2.75) is 51.7 Å². The van der Waals surface area contributed by atoms with Crippen molar-refractivity contribution in [3.63, 3.8) is 0 Å². The zero-order valence-electron chi connectivity index (χ0n) is 12.5. The second kappa shape index (κ2) is 8.03. The Kier molecular flexibility index (Phi) is 7.05. The molecule has 1 rings (SSSR count). The van der Waals surface area contributed by atoms with Crippen molar-refractivity contribution < 1.29 is 4.74 Å². The highest BCUT2D eigenvalue weighted by atomic mass is 79.9. The molecule has 3 heteroatoms. The molecule has 0 saturated heterocycles. The second-order valence-electron chi connectivity index (χ2n) is 5.21. The standard InChI is InChI=1S/C16H26BrNO/c1-5-10-18-15(16(3,6-2)19-4)12-13-8-7-9-14(17)11-13/h7-9,11,15,18H,5-6,10,12H2,1-4H3. The van der Waals surface area contributed by atoms with E-state index in [1.165, 1.54) is 5.56 Å². The van der Waals surface area contributed by atoms with Gasteiger partial charge in [0.1, 0.15) is 0 Å². The molecule has 0 aromatic heterocycles. The largest absolute Gasteiger partial charge is 0.377 e. The van der Waals surface area contributed by atoms with Crippen LogP contribution in [0.5, 0.6) is 0 Å². The van der Waals surface area contributed by atoms with E-state index in [1.807, 2.05) is 7.11 Å². The number of hydrogen-bond donors (Lipinski definition) is 1. The number of nitrogens with one attached hydrogen (secondary N) is 1. The number of ether oxygens (including phenoxy) is 1. The summed E-state index contributed by atoms with van der Waals surface area (Å²) >= 11 is 3.54. The summed E-state index contributed by atoms with van der Waals surface area (Å²) in [6, 6.07) is 8.85. The molecule has 19 heavy (non-hydrogen) atoms. The third-order valence-electron chi connectivity index (χ3n) is 3.88. The van der Waals surface area contributed by atoms with Crippen LogP contribution in [0.2, 0.25) is 0 Å². The molecule has 0 bridgehead atoms. The van der Waals surface area contributed by atoms with Gasteiger partial charge in [-0.25, -0.2) is 0 Å². The van der Waals surface area contributed by atoms with Crippen molar-refractivity contribution >= 4 is 15.9 Å². The highest BCUT2D eigenvalue weighted by Gasteiger charge is 2.32. The molecule has 1 N–H and O–H groups in total. The van der Waals surface area contributed by atoms with E-state index in [-0.39, 0.29) is 5.60 Å². The van der Waals surface area contributed by atoms with E-state index in [4.69, 9.17) is 4.74 Å². The van der Waals surface area contributed by atoms with E-state index in [2.05, 4.69) is 66.3 Å². The van der Waals surface area contributed by atoms with Gasteiger partial charge in [0.25, 0.3) is 0 Å². The molecule has 0 amide bonds. The molecular weight excluding hydrogens is 302 g/mol. The first kappa shape index (κ1) is 16.7. The van der Waals surface area contributed by atoms with Crippen LogP contribution in [0.25, 0.3) is 0 Å². The Bertz CT molecular complexity index is 377. The molecule has 2 nitrogen and oxygen atoms in total. The summed E-state index contributed by atoms with van der Waals surface area (Å²) in [5, 5.41) is 3.64. The third kappa shape index (κ3) is 4.90. The van der Waals surface area contributed by atoms with E-state index in [0.717, 1.165) is 30.3 Å². The van der Waals surface area contributed by atoms with Crippen LogP contribution in [0.15, 0.2) is 28.7 Å². The molecule has 0 radical (unpaired) electrons. The Morgan fingerprint density at radius 2 is 2.11 bits per heavy atom. The normalized spacial score (nSPS) is 16.1. The van der Waals surface area contributed by atoms with Crippen LogP contribution in [0.3, 0.4) is 0 Å². The molecule has 0 aliphatic heterocycles. The average molecular weight is 328 g/mol. The molecule has 1 aromatic carbocycles. The predicted octanol–water partition coefficient (Wildman–Crippen LogP) is 4.17. The SMILES string of the molecule is CCCNC(Cc1cccc(Br)c1)C(C)(CC)OC. The first-order valence-electron chi connectivity index (χ1n) is 7.08. The van der Waals surface area contributed by atoms with Gasteiger partial charge in [-0.1, -0.05) is 41.9 Å². The van der Waals surface area contributed by atoms with Crippen molar-refractivity contribution in [2.24, 2.45) is 0 Å². The van der Waals surface area contributed by atoms with E-state index in [1.54, 1.807) is 0 Å². The third-order valence-corrected chi connectivity index (χ3v) is 4.37. The van der Waals surface area contributed by atoms with E-state index in [9.17, 15) is 0 Å². The van der Waals surface area contributed by atoms with Crippen LogP contribution in [-0.2, 0) is 11.2 Å². The number of methoxy groups -OCH3 is 1. The zero-order valence-corrected chi connectivity index (χ0v) is 14.1. The molecule has 0 aliphatic carbocycles. The van der Waals surface area contributed by atoms with Gasteiger partial charge in [-0.3, -0.25) is 0 Å². The van der Waals surface area contributed by atoms with Crippen LogP contribution in [0.1, 0.15) is 39.2 Å². The molecule has 108 valence electrons. The highest BCUT2D eigenvalue weighted by molar-refractivity contribution is 9.10. The molecule has 2 unspecified atom stereocenters. The first-order valence-corrected chi connectivity index (χ1v) is 7.88. The lowest BCUT2D eigenvalue weighted by Crippen LogP contribution is -2.51. The van der Waals surface area contributed by atoms with E-state index < -0.39 is 0 Å². The van der Waals surface area contributed by atoms with Crippen molar-refractivity contribution in [3.8, 4) is 0 Å². The van der Waals surface area contributed by atoms with Gasteiger partial charge in [0.05, 0.1) is 5.60 Å². The fraction of sp³-hybridized carbons (Fsp3) is 0.625. The van der Waals surface area contributed by atoms with Crippen molar-refractivity contribution in [1.82, 2.24) is 5.32 Å². The maximum Gasteiger partial charge on any atom is 0.0803 e. The zero-order chi connectivity index (χ0) is 14.3. The monoisotopic (exact) mass is 327 g/mol. The fourth-order valence-electron chi connectivity index (χ4n) is 2.26. The van der Waals surface area contributed by atoms with Gasteiger partial charge in [0.15, 0.2) is 0 Å². The van der Waals surface area contributed by atoms with Gasteiger partial charge < -0.3 is 10.1 Å². The van der Waals surface area contributed by atoms with Crippen LogP contribution < -0.4 is 5.32 Å². The summed E-state index contributed by atoms with van der Waals surface area (Å²) in [5.74, 6) is 0. The molecule has 0 fully saturated rings. The maximum atomic E-state index is 5.77. The Morgan fingerprint density at radius 3 is 2.63 bits per heavy atom. The van der Waals surface area contributed by atoms with Crippen molar-refractivity contribution in [3.05, 3.63) is 34.3 Å². The van der Waals surface area contributed by atoms with Crippen LogP contribution in [0, 0.1) is 0 Å². The van der Waals surface area contributed by atoms with Crippen LogP contribution in [-0.4, -0.2) is 25.3 Å². The quantitative estimate of drug-likeness (QED) is 0.773. The van der Waals surface area contributed by atoms with Gasteiger partial charge in [0.2, 0.25) is 0 Å².